The molecule has 94 valence electrons. The lowest BCUT2D eigenvalue weighted by atomic mass is 10.2. The molecule has 16 heavy (non-hydrogen) atoms. The monoisotopic (exact) mass is 248 g/mol. The zero-order valence-electron chi connectivity index (χ0n) is 10.3. The Morgan fingerprint density at radius 3 is 2.38 bits per heavy atom. The second kappa shape index (κ2) is 6.78. The molecule has 0 heterocycles. The number of hydrogen-bond donors (Lipinski definition) is 1. The van der Waals surface area contributed by atoms with Crippen molar-refractivity contribution in [1.29, 1.82) is 0 Å². The largest absolute Gasteiger partial charge is 0.481 e. The third-order valence-corrected chi connectivity index (χ3v) is 2.88. The van der Waals surface area contributed by atoms with Crippen molar-refractivity contribution < 1.29 is 19.4 Å². The lowest BCUT2D eigenvalue weighted by Gasteiger charge is -2.19. The first-order valence-corrected chi connectivity index (χ1v) is 6.31. The van der Waals surface area contributed by atoms with Crippen LogP contribution in [0.5, 0.6) is 0 Å². The van der Waals surface area contributed by atoms with Gasteiger partial charge in [0, 0.05) is 11.7 Å². The molecule has 0 saturated carbocycles. The highest BCUT2D eigenvalue weighted by atomic mass is 32.2. The third kappa shape index (κ3) is 9.83. The number of esters is 1. The van der Waals surface area contributed by atoms with Crippen molar-refractivity contribution >= 4 is 23.7 Å². The van der Waals surface area contributed by atoms with Gasteiger partial charge in [-0.3, -0.25) is 9.59 Å². The number of carbonyl (C=O) groups excluding carboxylic acids is 1. The van der Waals surface area contributed by atoms with E-state index < -0.39 is 11.6 Å². The van der Waals surface area contributed by atoms with Gasteiger partial charge in [0.15, 0.2) is 0 Å². The molecule has 4 nitrogen and oxygen atoms in total. The topological polar surface area (TPSA) is 63.6 Å². The van der Waals surface area contributed by atoms with Crippen LogP contribution < -0.4 is 0 Å². The minimum Gasteiger partial charge on any atom is -0.481 e. The molecule has 1 atom stereocenters. The van der Waals surface area contributed by atoms with Crippen molar-refractivity contribution in [3.05, 3.63) is 0 Å². The van der Waals surface area contributed by atoms with E-state index in [-0.39, 0.29) is 23.4 Å². The fraction of sp³-hybridized carbons (Fsp3) is 0.818. The van der Waals surface area contributed by atoms with E-state index in [1.165, 1.54) is 11.8 Å². The highest BCUT2D eigenvalue weighted by Crippen LogP contribution is 2.17. The Kier molecular flexibility index (Phi) is 6.48. The average molecular weight is 248 g/mol. The molecule has 0 aliphatic carbocycles. The van der Waals surface area contributed by atoms with Crippen LogP contribution in [0.25, 0.3) is 0 Å². The molecule has 0 aliphatic rings. The fourth-order valence-electron chi connectivity index (χ4n) is 0.991. The summed E-state index contributed by atoms with van der Waals surface area (Å²) in [6, 6.07) is 0. The van der Waals surface area contributed by atoms with Crippen LogP contribution in [0.1, 0.15) is 40.5 Å². The Bertz CT molecular complexity index is 245. The molecule has 0 amide bonds. The molecule has 0 saturated heterocycles. The number of rotatable bonds is 6. The van der Waals surface area contributed by atoms with Crippen LogP contribution in [-0.4, -0.2) is 33.6 Å². The first-order valence-electron chi connectivity index (χ1n) is 5.26. The van der Waals surface area contributed by atoms with Crippen LogP contribution in [0.2, 0.25) is 0 Å². The molecule has 0 rings (SSSR count). The summed E-state index contributed by atoms with van der Waals surface area (Å²) in [5, 5.41) is 8.65. The minimum atomic E-state index is -0.801. The first kappa shape index (κ1) is 15.3. The Morgan fingerprint density at radius 1 is 1.38 bits per heavy atom. The van der Waals surface area contributed by atoms with Gasteiger partial charge in [0.1, 0.15) is 5.60 Å². The molecule has 0 aromatic heterocycles. The van der Waals surface area contributed by atoms with Gasteiger partial charge >= 0.3 is 11.9 Å². The number of carboxylic acids is 1. The lowest BCUT2D eigenvalue weighted by molar-refractivity contribution is -0.151. The maximum absolute atomic E-state index is 11.3. The highest BCUT2D eigenvalue weighted by Gasteiger charge is 2.17. The van der Waals surface area contributed by atoms with Crippen LogP contribution in [0.3, 0.4) is 0 Å². The summed E-state index contributed by atoms with van der Waals surface area (Å²) < 4.78 is 5.14. The fourth-order valence-corrected chi connectivity index (χ4v) is 1.76. The molecule has 0 radical (unpaired) electrons. The minimum absolute atomic E-state index is 0.141. The number of ether oxygens (including phenoxy) is 1. The van der Waals surface area contributed by atoms with Crippen LogP contribution in [0.4, 0.5) is 0 Å². The normalized spacial score (nSPS) is 13.2. The number of carboxylic acid groups (broad SMARTS) is 1. The zero-order valence-corrected chi connectivity index (χ0v) is 11.1. The Labute approximate surface area is 101 Å². The van der Waals surface area contributed by atoms with E-state index in [9.17, 15) is 9.59 Å². The van der Waals surface area contributed by atoms with Gasteiger partial charge in [-0.1, -0.05) is 6.92 Å². The molecule has 1 N–H and O–H groups in total. The maximum Gasteiger partial charge on any atom is 0.316 e. The quantitative estimate of drug-likeness (QED) is 0.731. The van der Waals surface area contributed by atoms with Crippen molar-refractivity contribution in [2.45, 2.75) is 51.4 Å². The predicted octanol–water partition coefficient (Wildman–Crippen LogP) is 2.31. The van der Waals surface area contributed by atoms with Gasteiger partial charge in [-0.25, -0.2) is 0 Å². The van der Waals surface area contributed by atoms with Crippen LogP contribution in [0, 0.1) is 0 Å². The highest BCUT2D eigenvalue weighted by molar-refractivity contribution is 8.00. The number of thioether (sulfide) groups is 1. The smallest absolute Gasteiger partial charge is 0.316 e. The standard InChI is InChI=1S/C11H20O4S/c1-8(5-6-9(12)13)16-7-10(14)15-11(2,3)4/h8H,5-7H2,1-4H3,(H,12,13). The van der Waals surface area contributed by atoms with Crippen molar-refractivity contribution in [3.8, 4) is 0 Å². The summed E-state index contributed by atoms with van der Waals surface area (Å²) in [6.45, 7) is 7.38. The molecule has 0 bridgehead atoms. The van der Waals surface area contributed by atoms with Crippen molar-refractivity contribution in [2.75, 3.05) is 5.75 Å². The maximum atomic E-state index is 11.3. The van der Waals surface area contributed by atoms with Gasteiger partial charge in [-0.15, -0.1) is 11.8 Å². The van der Waals surface area contributed by atoms with Gasteiger partial charge < -0.3 is 9.84 Å². The average Bonchev–Trinajstić information content (AvgIpc) is 2.08. The van der Waals surface area contributed by atoms with E-state index >= 15 is 0 Å². The molecule has 0 fully saturated rings. The van der Waals surface area contributed by atoms with E-state index in [1.54, 1.807) is 0 Å². The van der Waals surface area contributed by atoms with Crippen LogP contribution in [-0.2, 0) is 14.3 Å². The van der Waals surface area contributed by atoms with E-state index in [0.29, 0.717) is 6.42 Å². The Balaban J connectivity index is 3.71. The van der Waals surface area contributed by atoms with E-state index in [2.05, 4.69) is 0 Å². The third-order valence-electron chi connectivity index (χ3n) is 1.67. The molecule has 1 unspecified atom stereocenters. The van der Waals surface area contributed by atoms with Crippen molar-refractivity contribution in [2.24, 2.45) is 0 Å². The van der Waals surface area contributed by atoms with Gasteiger partial charge in [0.25, 0.3) is 0 Å². The molecule has 5 heteroatoms. The Hall–Kier alpha value is -0.710. The first-order chi connectivity index (χ1) is 7.20. The van der Waals surface area contributed by atoms with E-state index in [1.807, 2.05) is 27.7 Å². The summed E-state index contributed by atoms with van der Waals surface area (Å²) in [4.78, 5) is 21.7. The van der Waals surface area contributed by atoms with Crippen molar-refractivity contribution in [3.63, 3.8) is 0 Å². The summed E-state index contributed by atoms with van der Waals surface area (Å²) in [7, 11) is 0. The van der Waals surface area contributed by atoms with Crippen LogP contribution in [0.15, 0.2) is 0 Å². The molecular weight excluding hydrogens is 228 g/mol. The SMILES string of the molecule is CC(CCC(=O)O)SCC(=O)OC(C)(C)C. The Morgan fingerprint density at radius 2 is 1.94 bits per heavy atom. The van der Waals surface area contributed by atoms with E-state index in [0.717, 1.165) is 0 Å². The molecular formula is C11H20O4S. The predicted molar refractivity (Wildman–Crippen MR) is 64.6 cm³/mol. The molecule has 0 aliphatic heterocycles. The summed E-state index contributed by atoms with van der Waals surface area (Å²) in [5.41, 5.74) is -0.456. The van der Waals surface area contributed by atoms with Gasteiger partial charge in [0.05, 0.1) is 5.75 Å². The number of aliphatic carboxylic acids is 1. The van der Waals surface area contributed by atoms with Gasteiger partial charge in [-0.2, -0.15) is 0 Å². The lowest BCUT2D eigenvalue weighted by Crippen LogP contribution is -2.25. The van der Waals surface area contributed by atoms with Gasteiger partial charge in [0.2, 0.25) is 0 Å². The summed E-state index contributed by atoms with van der Waals surface area (Å²) in [5.74, 6) is -0.776. The summed E-state index contributed by atoms with van der Waals surface area (Å²) >= 11 is 1.43. The number of carbonyl (C=O) groups is 2. The van der Waals surface area contributed by atoms with Gasteiger partial charge in [-0.05, 0) is 27.2 Å². The molecule has 0 aromatic carbocycles. The summed E-state index contributed by atoms with van der Waals surface area (Å²) in [6.07, 6.45) is 0.714. The second-order valence-corrected chi connectivity index (χ2v) is 6.07. The molecule has 0 aromatic rings. The molecule has 0 spiro atoms. The second-order valence-electron chi connectivity index (χ2n) is 4.64. The van der Waals surface area contributed by atoms with E-state index in [4.69, 9.17) is 9.84 Å². The van der Waals surface area contributed by atoms with Crippen LogP contribution >= 0.6 is 11.8 Å². The van der Waals surface area contributed by atoms with Crippen molar-refractivity contribution in [1.82, 2.24) is 0 Å². The zero-order chi connectivity index (χ0) is 12.8. The number of hydrogen-bond acceptors (Lipinski definition) is 4.